The van der Waals surface area contributed by atoms with Crippen LogP contribution in [-0.2, 0) is 14.2 Å². The van der Waals surface area contributed by atoms with E-state index in [1.54, 1.807) is 20.8 Å². The van der Waals surface area contributed by atoms with Gasteiger partial charge in [-0.3, -0.25) is 4.74 Å². The molecule has 0 radical (unpaired) electrons. The number of carbonyl (C=O) groups is 1. The van der Waals surface area contributed by atoms with Crippen molar-refractivity contribution in [1.82, 2.24) is 15.5 Å². The van der Waals surface area contributed by atoms with Crippen molar-refractivity contribution in [3.8, 4) is 0 Å². The Morgan fingerprint density at radius 1 is 1.14 bits per heavy atom. The largest absolute Gasteiger partial charge is 0.522 e. The van der Waals surface area contributed by atoms with Gasteiger partial charge in [0.05, 0.1) is 18.8 Å². The number of alkyl halides is 3. The van der Waals surface area contributed by atoms with Crippen LogP contribution in [0, 0.1) is 0 Å². The van der Waals surface area contributed by atoms with Crippen molar-refractivity contribution >= 4 is 6.09 Å². The minimum atomic E-state index is -4.63. The predicted octanol–water partition coefficient (Wildman–Crippen LogP) is 3.60. The summed E-state index contributed by atoms with van der Waals surface area (Å²) in [5.41, 5.74) is -0.575. The van der Waals surface area contributed by atoms with E-state index >= 15 is 0 Å². The normalized spacial score (nSPS) is 28.5. The lowest BCUT2D eigenvalue weighted by Gasteiger charge is -2.33. The fourth-order valence-electron chi connectivity index (χ4n) is 3.13. The molecular weight excluding hydrogens is 383 g/mol. The quantitative estimate of drug-likeness (QED) is 0.815. The average molecular weight is 407 g/mol. The Hall–Kier alpha value is -1.88. The molecule has 1 aliphatic carbocycles. The van der Waals surface area contributed by atoms with E-state index in [0.717, 1.165) is 0 Å². The van der Waals surface area contributed by atoms with Crippen LogP contribution in [0.1, 0.15) is 70.3 Å². The number of carbonyl (C=O) groups excluding carboxylic acids is 1. The zero-order valence-electron chi connectivity index (χ0n) is 15.9. The Bertz CT molecular complexity index is 674. The molecule has 1 amide bonds. The summed E-state index contributed by atoms with van der Waals surface area (Å²) in [6.45, 7) is 5.62. The van der Waals surface area contributed by atoms with Gasteiger partial charge in [0.25, 0.3) is 0 Å². The zero-order chi connectivity index (χ0) is 20.5. The summed E-state index contributed by atoms with van der Waals surface area (Å²) >= 11 is 0. The molecule has 0 aromatic carbocycles. The van der Waals surface area contributed by atoms with Crippen LogP contribution in [0.15, 0.2) is 4.42 Å². The minimum Gasteiger partial charge on any atom is -0.444 e. The highest BCUT2D eigenvalue weighted by atomic mass is 19.4. The van der Waals surface area contributed by atoms with E-state index in [9.17, 15) is 18.0 Å². The topological polar surface area (TPSA) is 95.7 Å². The van der Waals surface area contributed by atoms with E-state index in [-0.39, 0.29) is 31.4 Å². The third-order valence-corrected chi connectivity index (χ3v) is 4.47. The van der Waals surface area contributed by atoms with Gasteiger partial charge in [0, 0.05) is 5.92 Å². The predicted molar refractivity (Wildman–Crippen MR) is 88.3 cm³/mol. The van der Waals surface area contributed by atoms with E-state index in [1.165, 1.54) is 0 Å². The lowest BCUT2D eigenvalue weighted by Crippen LogP contribution is -2.43. The lowest BCUT2D eigenvalue weighted by atomic mass is 9.82. The molecule has 28 heavy (non-hydrogen) atoms. The van der Waals surface area contributed by atoms with E-state index in [2.05, 4.69) is 20.3 Å². The fraction of sp³-hybridized carbons (Fsp3) is 0.824. The highest BCUT2D eigenvalue weighted by Crippen LogP contribution is 2.41. The fourth-order valence-corrected chi connectivity index (χ4v) is 3.13. The van der Waals surface area contributed by atoms with Crippen molar-refractivity contribution in [3.63, 3.8) is 0 Å². The number of alkyl carbamates (subject to hydrolysis) is 1. The van der Waals surface area contributed by atoms with Crippen LogP contribution in [0.3, 0.4) is 0 Å². The molecule has 1 saturated heterocycles. The van der Waals surface area contributed by atoms with Gasteiger partial charge in [0.15, 0.2) is 0 Å². The summed E-state index contributed by atoms with van der Waals surface area (Å²) in [5, 5.41) is 10.6. The number of ether oxygens (including phenoxy) is 3. The summed E-state index contributed by atoms with van der Waals surface area (Å²) in [4.78, 5) is 11.8. The van der Waals surface area contributed by atoms with E-state index in [0.29, 0.717) is 24.6 Å². The molecule has 158 valence electrons. The smallest absolute Gasteiger partial charge is 0.444 e. The number of nitrogens with one attached hydrogen (secondary N) is 1. The van der Waals surface area contributed by atoms with Crippen LogP contribution < -0.4 is 5.32 Å². The van der Waals surface area contributed by atoms with Crippen molar-refractivity contribution in [2.45, 2.75) is 82.6 Å². The first-order valence-electron chi connectivity index (χ1n) is 9.17. The molecule has 2 fully saturated rings. The molecule has 1 aromatic rings. The lowest BCUT2D eigenvalue weighted by molar-refractivity contribution is -0.352. The average Bonchev–Trinajstić information content (AvgIpc) is 2.97. The minimum absolute atomic E-state index is 0.180. The van der Waals surface area contributed by atoms with Crippen LogP contribution in [0.4, 0.5) is 18.0 Å². The number of hydrogen-bond donors (Lipinski definition) is 1. The monoisotopic (exact) mass is 407 g/mol. The molecule has 1 aliphatic heterocycles. The van der Waals surface area contributed by atoms with E-state index in [4.69, 9.17) is 13.9 Å². The number of rotatable bonds is 4. The maximum Gasteiger partial charge on any atom is 0.522 e. The Balaban J connectivity index is 1.43. The van der Waals surface area contributed by atoms with Crippen molar-refractivity contribution in [2.24, 2.45) is 0 Å². The highest BCUT2D eigenvalue weighted by molar-refractivity contribution is 5.68. The summed E-state index contributed by atoms with van der Waals surface area (Å²) in [7, 11) is 0. The van der Waals surface area contributed by atoms with Gasteiger partial charge >= 0.3 is 12.5 Å². The van der Waals surface area contributed by atoms with E-state index < -0.39 is 30.3 Å². The summed E-state index contributed by atoms with van der Waals surface area (Å²) < 4.78 is 57.0. The molecule has 1 N–H and O–H groups in total. The molecule has 2 heterocycles. The maximum absolute atomic E-state index is 12.2. The molecule has 2 atom stereocenters. The van der Waals surface area contributed by atoms with Gasteiger partial charge in [-0.1, -0.05) is 0 Å². The third kappa shape index (κ3) is 5.81. The zero-order valence-corrected chi connectivity index (χ0v) is 15.9. The first kappa shape index (κ1) is 20.8. The number of halogens is 3. The summed E-state index contributed by atoms with van der Waals surface area (Å²) in [6.07, 6.45) is -4.82. The molecule has 11 heteroatoms. The van der Waals surface area contributed by atoms with Gasteiger partial charge in [-0.15, -0.1) is 23.4 Å². The van der Waals surface area contributed by atoms with Crippen molar-refractivity contribution in [2.75, 3.05) is 6.61 Å². The second kappa shape index (κ2) is 7.86. The van der Waals surface area contributed by atoms with Crippen LogP contribution in [0.5, 0.6) is 0 Å². The second-order valence-electron chi connectivity index (χ2n) is 8.07. The maximum atomic E-state index is 12.2. The summed E-state index contributed by atoms with van der Waals surface area (Å²) in [5.74, 6) is 0.360. The van der Waals surface area contributed by atoms with Gasteiger partial charge in [-0.05, 0) is 46.5 Å². The van der Waals surface area contributed by atoms with Crippen LogP contribution >= 0.6 is 0 Å². The second-order valence-corrected chi connectivity index (χ2v) is 8.07. The first-order valence-corrected chi connectivity index (χ1v) is 9.17. The SMILES string of the molecule is CC(C)(C)OC(=O)N[C@H]1CC[C@@H](c2nnc(C3CC(OC(F)(F)F)C3)o2)OC1. The molecule has 8 nitrogen and oxygen atoms in total. The third-order valence-electron chi connectivity index (χ3n) is 4.47. The van der Waals surface area contributed by atoms with Crippen LogP contribution in [0.25, 0.3) is 0 Å². The number of aromatic nitrogens is 2. The highest BCUT2D eigenvalue weighted by Gasteiger charge is 2.42. The Morgan fingerprint density at radius 2 is 1.82 bits per heavy atom. The molecule has 0 unspecified atom stereocenters. The summed E-state index contributed by atoms with van der Waals surface area (Å²) in [6, 6.07) is -0.180. The Morgan fingerprint density at radius 3 is 2.39 bits per heavy atom. The molecule has 0 bridgehead atoms. The van der Waals surface area contributed by atoms with Crippen molar-refractivity contribution in [1.29, 1.82) is 0 Å². The Kier molecular flexibility index (Phi) is 5.85. The number of hydrogen-bond acceptors (Lipinski definition) is 7. The van der Waals surface area contributed by atoms with Crippen LogP contribution in [-0.4, -0.2) is 47.0 Å². The number of amides is 1. The van der Waals surface area contributed by atoms with Gasteiger partial charge in [0.1, 0.15) is 11.7 Å². The van der Waals surface area contributed by atoms with Crippen molar-refractivity contribution in [3.05, 3.63) is 11.8 Å². The molecule has 1 aromatic heterocycles. The standard InChI is InChI=1S/C17H24F3N3O5/c1-16(2,3)28-15(24)21-10-4-5-12(25-8-10)14-23-22-13(26-14)9-6-11(7-9)27-17(18,19)20/h9-12H,4-8H2,1-3H3,(H,21,24)/t9?,10-,11?,12-/m0/s1. The van der Waals surface area contributed by atoms with Gasteiger partial charge in [0.2, 0.25) is 11.8 Å². The molecule has 0 spiro atoms. The molecule has 2 aliphatic rings. The van der Waals surface area contributed by atoms with E-state index in [1.807, 2.05) is 0 Å². The van der Waals surface area contributed by atoms with Gasteiger partial charge < -0.3 is 19.2 Å². The molecular formula is C17H24F3N3O5. The van der Waals surface area contributed by atoms with Gasteiger partial charge in [-0.2, -0.15) is 0 Å². The molecule has 1 saturated carbocycles. The Labute approximate surface area is 160 Å². The number of nitrogens with zero attached hydrogens (tertiary/aromatic N) is 2. The van der Waals surface area contributed by atoms with Crippen LogP contribution in [0.2, 0.25) is 0 Å². The van der Waals surface area contributed by atoms with Gasteiger partial charge in [-0.25, -0.2) is 4.79 Å². The first-order chi connectivity index (χ1) is 13.0. The van der Waals surface area contributed by atoms with Crippen molar-refractivity contribution < 1.29 is 36.6 Å². The molecule has 3 rings (SSSR count).